The fourth-order valence-electron chi connectivity index (χ4n) is 9.83. The Morgan fingerprint density at radius 1 is 0.471 bits per heavy atom. The van der Waals surface area contributed by atoms with Crippen molar-refractivity contribution in [1.82, 2.24) is 74.1 Å². The summed E-state index contributed by atoms with van der Waals surface area (Å²) in [5, 5.41) is 43.0. The van der Waals surface area contributed by atoms with E-state index in [1.807, 2.05) is 0 Å². The summed E-state index contributed by atoms with van der Waals surface area (Å²) in [6, 6.07) is 0.154. The molecule has 0 bridgehead atoms. The summed E-state index contributed by atoms with van der Waals surface area (Å²) < 4.78 is 13.3. The van der Waals surface area contributed by atoms with E-state index in [1.54, 1.807) is 58.2 Å². The van der Waals surface area contributed by atoms with E-state index in [2.05, 4.69) is 84.1 Å². The van der Waals surface area contributed by atoms with Gasteiger partial charge in [0.05, 0.1) is 31.3 Å². The number of phenolic OH excluding ortho intramolecular Hbond substituents is 1. The summed E-state index contributed by atoms with van der Waals surface area (Å²) in [7, 11) is -2.05. The molecule has 0 aliphatic heterocycles. The molecule has 0 fully saturated rings. The zero-order chi connectivity index (χ0) is 76.3. The molecule has 0 aliphatic carbocycles. The maximum Gasteiger partial charge on any atom is 0.243 e. The average molecular weight is 1450 g/mol. The maximum atomic E-state index is 14.4. The molecule has 25 N–H and O–H groups in total. The predicted molar refractivity (Wildman–Crippen MR) is 377 cm³/mol. The number of nitrogens with two attached hydrogens (primary N) is 5. The van der Waals surface area contributed by atoms with Crippen molar-refractivity contribution >= 4 is 116 Å². The third-order valence-corrected chi connectivity index (χ3v) is 16.1. The molecular weight excluding hydrogens is 1350 g/mol. The van der Waals surface area contributed by atoms with Gasteiger partial charge in [-0.05, 0) is 93.5 Å². The first-order chi connectivity index (χ1) is 48.0. The first-order valence-corrected chi connectivity index (χ1v) is 34.3. The average Bonchev–Trinajstić information content (AvgIpc) is 1.62. The number of aromatic nitrogens is 1. The van der Waals surface area contributed by atoms with E-state index in [9.17, 15) is 76.4 Å². The minimum absolute atomic E-state index is 0.00812. The van der Waals surface area contributed by atoms with E-state index in [0.29, 0.717) is 22.0 Å². The SMILES string of the molecule is CC(=O)NCC(=O)N[C@@H](Cc1ccc(O)cc1)C(=O)N[C@@H](CCCN=C(N)N)C(=O)N[C@@H](C)C(=O)N[C@@H](CC(C)C)C(=O)N[C@@H](CS(=O)CNC(C)=O)C(=O)NCC(=O)N[C@@H](C)C(=O)N[C@@H](CC(C)C)C(=O)N[C@@H](Cc1c[nH]c2ccccc12)C(=O)N[C@@H](CCCN=C(N)N)C(=O)NCC(N)=O. The number of benzene rings is 2. The van der Waals surface area contributed by atoms with Crippen LogP contribution in [0, 0.1) is 11.8 Å². The number of carbonyl (C=O) groups excluding carboxylic acids is 14. The molecule has 38 heteroatoms. The van der Waals surface area contributed by atoms with Crippen LogP contribution in [0.4, 0.5) is 0 Å². The molecule has 0 saturated carbocycles. The van der Waals surface area contributed by atoms with Crippen molar-refractivity contribution in [3.8, 4) is 5.75 Å². The highest BCUT2D eigenvalue weighted by Crippen LogP contribution is 2.20. The van der Waals surface area contributed by atoms with Crippen LogP contribution in [0.1, 0.15) is 105 Å². The fourth-order valence-corrected chi connectivity index (χ4v) is 10.9. The van der Waals surface area contributed by atoms with Gasteiger partial charge in [0.2, 0.25) is 82.7 Å². The van der Waals surface area contributed by atoms with Gasteiger partial charge in [-0.2, -0.15) is 0 Å². The Hall–Kier alpha value is -11.0. The molecule has 14 amide bonds. The van der Waals surface area contributed by atoms with Crippen molar-refractivity contribution in [3.63, 3.8) is 0 Å². The summed E-state index contributed by atoms with van der Waals surface area (Å²) in [5.74, 6) is -13.9. The molecule has 0 aliphatic rings. The van der Waals surface area contributed by atoms with Crippen LogP contribution in [-0.4, -0.2) is 208 Å². The van der Waals surface area contributed by atoms with Gasteiger partial charge >= 0.3 is 0 Å². The maximum absolute atomic E-state index is 14.4. The molecule has 37 nitrogen and oxygen atoms in total. The largest absolute Gasteiger partial charge is 0.508 e. The Balaban J connectivity index is 1.82. The summed E-state index contributed by atoms with van der Waals surface area (Å²) in [6.07, 6.45) is 1.49. The van der Waals surface area contributed by atoms with Crippen molar-refractivity contribution in [2.75, 3.05) is 44.4 Å². The lowest BCUT2D eigenvalue weighted by atomic mass is 10.00. The van der Waals surface area contributed by atoms with E-state index in [1.165, 1.54) is 45.0 Å². The zero-order valence-electron chi connectivity index (χ0n) is 58.4. The number of aromatic hydroxyl groups is 1. The van der Waals surface area contributed by atoms with Gasteiger partial charge in [-0.1, -0.05) is 58.0 Å². The summed E-state index contributed by atoms with van der Waals surface area (Å²) in [6.45, 7) is 10.0. The van der Waals surface area contributed by atoms with Gasteiger partial charge in [0.1, 0.15) is 60.1 Å². The van der Waals surface area contributed by atoms with Gasteiger partial charge in [-0.3, -0.25) is 81.3 Å². The van der Waals surface area contributed by atoms with E-state index in [4.69, 9.17) is 28.7 Å². The molecular formula is C64H99N21O16S. The molecule has 3 aromatic rings. The van der Waals surface area contributed by atoms with Crippen molar-refractivity contribution in [3.05, 3.63) is 65.9 Å². The van der Waals surface area contributed by atoms with Crippen LogP contribution in [0.5, 0.6) is 5.75 Å². The van der Waals surface area contributed by atoms with E-state index in [0.717, 1.165) is 6.92 Å². The van der Waals surface area contributed by atoms with Gasteiger partial charge in [0, 0.05) is 67.7 Å². The minimum Gasteiger partial charge on any atom is -0.508 e. The van der Waals surface area contributed by atoms with Gasteiger partial charge in [0.25, 0.3) is 0 Å². The third-order valence-electron chi connectivity index (χ3n) is 14.9. The number of H-pyrrole nitrogens is 1. The van der Waals surface area contributed by atoms with Crippen LogP contribution in [-0.2, 0) is 90.8 Å². The lowest BCUT2D eigenvalue weighted by Crippen LogP contribution is -2.60. The molecule has 1 unspecified atom stereocenters. The minimum atomic E-state index is -2.05. The number of fused-ring (bicyclic) bond motifs is 1. The Labute approximate surface area is 592 Å². The molecule has 10 atom stereocenters. The summed E-state index contributed by atoms with van der Waals surface area (Å²) in [4.78, 5) is 198. The smallest absolute Gasteiger partial charge is 0.243 e. The van der Waals surface area contributed by atoms with Crippen LogP contribution >= 0.6 is 0 Å². The van der Waals surface area contributed by atoms with Crippen LogP contribution < -0.4 is 97.8 Å². The second-order valence-electron chi connectivity index (χ2n) is 24.9. The van der Waals surface area contributed by atoms with Crippen molar-refractivity contribution in [1.29, 1.82) is 0 Å². The lowest BCUT2D eigenvalue weighted by Gasteiger charge is -2.27. The van der Waals surface area contributed by atoms with Gasteiger partial charge in [-0.15, -0.1) is 0 Å². The van der Waals surface area contributed by atoms with E-state index >= 15 is 0 Å². The molecule has 2 aromatic carbocycles. The molecule has 102 heavy (non-hydrogen) atoms. The Morgan fingerprint density at radius 3 is 1.42 bits per heavy atom. The fraction of sp³-hybridized carbons (Fsp3) is 0.531. The molecule has 1 heterocycles. The van der Waals surface area contributed by atoms with Crippen LogP contribution in [0.25, 0.3) is 10.9 Å². The number of hydrogen-bond acceptors (Lipinski definition) is 18. The Kier molecular flexibility index (Phi) is 36.4. The van der Waals surface area contributed by atoms with Crippen LogP contribution in [0.15, 0.2) is 64.7 Å². The normalized spacial score (nSPS) is 13.9. The second kappa shape index (κ2) is 43.6. The number of nitrogens with zero attached hydrogens (tertiary/aromatic N) is 2. The number of hydrogen-bond donors (Lipinski definition) is 20. The van der Waals surface area contributed by atoms with E-state index in [-0.39, 0.29) is 94.0 Å². The molecule has 0 spiro atoms. The molecule has 562 valence electrons. The van der Waals surface area contributed by atoms with Crippen molar-refractivity contribution in [2.45, 2.75) is 161 Å². The highest BCUT2D eigenvalue weighted by atomic mass is 32.2. The van der Waals surface area contributed by atoms with Crippen LogP contribution in [0.2, 0.25) is 0 Å². The van der Waals surface area contributed by atoms with Crippen molar-refractivity contribution in [2.24, 2.45) is 50.5 Å². The molecule has 0 radical (unpaired) electrons. The first-order valence-electron chi connectivity index (χ1n) is 32.8. The number of carbonyl (C=O) groups is 14. The monoisotopic (exact) mass is 1450 g/mol. The topological polar surface area (TPSA) is 603 Å². The highest BCUT2D eigenvalue weighted by Gasteiger charge is 2.35. The van der Waals surface area contributed by atoms with Gasteiger partial charge in [0.15, 0.2) is 11.9 Å². The van der Waals surface area contributed by atoms with Crippen molar-refractivity contribution < 1.29 is 76.4 Å². The molecule has 1 aromatic heterocycles. The molecule has 3 rings (SSSR count). The second-order valence-corrected chi connectivity index (χ2v) is 26.4. The number of rotatable bonds is 44. The van der Waals surface area contributed by atoms with Gasteiger partial charge < -0.3 is 108 Å². The Bertz CT molecular complexity index is 3500. The number of aliphatic imine (C=N–C) groups is 2. The highest BCUT2D eigenvalue weighted by molar-refractivity contribution is 7.85. The number of guanidine groups is 2. The molecule has 0 saturated heterocycles. The number of nitrogens with one attached hydrogen (secondary N) is 14. The predicted octanol–water partition coefficient (Wildman–Crippen LogP) is -6.04. The number of phenols is 1. The Morgan fingerprint density at radius 2 is 0.902 bits per heavy atom. The van der Waals surface area contributed by atoms with E-state index < -0.39 is 179 Å². The van der Waals surface area contributed by atoms with Crippen LogP contribution in [0.3, 0.4) is 0 Å². The standard InChI is InChI=1S/C64H99N21O16S/c1-33(2)23-46(59(97)84-49(26-40-27-73-43-14-10-9-13-42(40)43)62(100)80-44(15-11-21-70-63(66)67)56(94)74-28-51(65)89)82-54(92)35(5)77-52(90)30-75-57(95)50(31-102(101)32-76-38(8)87)85-60(98)47(24-34(3)4)83-55(93)36(6)78-58(96)45(16-12-22-71-64(68)69)81-61(99)48(79-53(91)29-72-37(7)86)25-39-17-19-41(88)20-18-39/h9-10,13-14,17-20,27,33-36,44-50,73,88H,11-12,15-16,21-26,28-32H2,1-8H3,(H2,65,89)(H,72,86)(H,74,94)(H,75,95)(H,76,87)(H,77,90)(H,78,96)(H,79,91)(H,80,100)(H,81,99)(H,82,92)(H,83,93)(H,84,97)(H,85,98)(H4,66,67,70)(H4,68,69,71)/t35-,36-,44-,45-,46-,47-,48-,49-,50-,102?/m0/s1. The third kappa shape index (κ3) is 32.8. The summed E-state index contributed by atoms with van der Waals surface area (Å²) >= 11 is 0. The number of para-hydroxylation sites is 1. The number of amides is 14. The van der Waals surface area contributed by atoms with Gasteiger partial charge in [-0.25, -0.2) is 0 Å². The zero-order valence-corrected chi connectivity index (χ0v) is 59.2. The number of primary amides is 1. The lowest BCUT2D eigenvalue weighted by molar-refractivity contribution is -0.135. The number of aromatic amines is 1. The summed E-state index contributed by atoms with van der Waals surface area (Å²) in [5.41, 5.74) is 29.0. The quantitative estimate of drug-likeness (QED) is 0.0142. The first kappa shape index (κ1) is 85.3.